The van der Waals surface area contributed by atoms with Crippen LogP contribution in [-0.2, 0) is 6.42 Å². The second kappa shape index (κ2) is 4.04. The average molecular weight is 262 g/mol. The highest BCUT2D eigenvalue weighted by Crippen LogP contribution is 2.33. The zero-order chi connectivity index (χ0) is 13.7. The quantitative estimate of drug-likeness (QED) is 0.661. The number of fused-ring (bicyclic) bond motifs is 2. The van der Waals surface area contributed by atoms with Gasteiger partial charge in [0.25, 0.3) is 0 Å². The maximum Gasteiger partial charge on any atom is 0.192 e. The molecule has 0 unspecified atom stereocenters. The summed E-state index contributed by atoms with van der Waals surface area (Å²) in [5, 5.41) is 0. The van der Waals surface area contributed by atoms with E-state index in [9.17, 15) is 0 Å². The molecule has 0 radical (unpaired) electrons. The fourth-order valence-electron chi connectivity index (χ4n) is 2.65. The lowest BCUT2D eigenvalue weighted by Gasteiger charge is -2.00. The van der Waals surface area contributed by atoms with Crippen molar-refractivity contribution >= 4 is 22.5 Å². The molecule has 0 atom stereocenters. The van der Waals surface area contributed by atoms with Gasteiger partial charge in [-0.2, -0.15) is 0 Å². The first-order valence-corrected chi connectivity index (χ1v) is 6.74. The van der Waals surface area contributed by atoms with E-state index in [0.717, 1.165) is 28.9 Å². The molecule has 2 aromatic carbocycles. The van der Waals surface area contributed by atoms with Crippen molar-refractivity contribution in [3.05, 3.63) is 59.0 Å². The summed E-state index contributed by atoms with van der Waals surface area (Å²) in [4.78, 5) is 9.12. The van der Waals surface area contributed by atoms with Gasteiger partial charge in [0.1, 0.15) is 5.52 Å². The molecule has 3 heteroatoms. The second-order valence-electron chi connectivity index (χ2n) is 5.28. The van der Waals surface area contributed by atoms with Gasteiger partial charge < -0.3 is 4.42 Å². The van der Waals surface area contributed by atoms with Gasteiger partial charge in [-0.3, -0.25) is 4.99 Å². The third-order valence-electron chi connectivity index (χ3n) is 3.69. The Morgan fingerprint density at radius 2 is 1.85 bits per heavy atom. The topological polar surface area (TPSA) is 38.4 Å². The summed E-state index contributed by atoms with van der Waals surface area (Å²) in [7, 11) is 0. The zero-order valence-electron chi connectivity index (χ0n) is 11.5. The Balaban J connectivity index is 1.79. The van der Waals surface area contributed by atoms with E-state index >= 15 is 0 Å². The summed E-state index contributed by atoms with van der Waals surface area (Å²) in [5.41, 5.74) is 7.53. The largest absolute Gasteiger partial charge is 0.441 e. The SMILES string of the molecule is Cc1ccc(C2=Nc3cc4oc(C)nc4cc3C2)cc1. The minimum absolute atomic E-state index is 0.700. The minimum atomic E-state index is 0.700. The molecule has 0 spiro atoms. The number of rotatable bonds is 1. The molecule has 1 aliphatic heterocycles. The van der Waals surface area contributed by atoms with Gasteiger partial charge in [0.15, 0.2) is 11.5 Å². The highest BCUT2D eigenvalue weighted by molar-refractivity contribution is 6.07. The number of oxazole rings is 1. The van der Waals surface area contributed by atoms with Gasteiger partial charge in [0.05, 0.1) is 11.4 Å². The van der Waals surface area contributed by atoms with Crippen molar-refractivity contribution in [3.8, 4) is 0 Å². The predicted octanol–water partition coefficient (Wildman–Crippen LogP) is 4.12. The van der Waals surface area contributed by atoms with Crippen LogP contribution >= 0.6 is 0 Å². The maximum atomic E-state index is 5.57. The summed E-state index contributed by atoms with van der Waals surface area (Å²) in [6.07, 6.45) is 0.861. The standard InChI is InChI=1S/C17H14N2O/c1-10-3-5-12(6-4-10)14-7-13-8-16-17(9-15(13)19-14)20-11(2)18-16/h3-6,8-9H,7H2,1-2H3. The molecular formula is C17H14N2O. The van der Waals surface area contributed by atoms with Crippen LogP contribution in [0.3, 0.4) is 0 Å². The fourth-order valence-corrected chi connectivity index (χ4v) is 2.65. The Bertz CT molecular complexity index is 841. The normalized spacial score (nSPS) is 13.6. The third kappa shape index (κ3) is 1.74. The smallest absolute Gasteiger partial charge is 0.192 e. The Morgan fingerprint density at radius 1 is 1.05 bits per heavy atom. The first-order chi connectivity index (χ1) is 9.69. The van der Waals surface area contributed by atoms with E-state index in [2.05, 4.69) is 42.2 Å². The molecule has 0 saturated carbocycles. The van der Waals surface area contributed by atoms with Gasteiger partial charge >= 0.3 is 0 Å². The van der Waals surface area contributed by atoms with Crippen LogP contribution in [0.25, 0.3) is 11.1 Å². The van der Waals surface area contributed by atoms with E-state index in [4.69, 9.17) is 9.41 Å². The number of nitrogens with zero attached hydrogens (tertiary/aromatic N) is 2. The van der Waals surface area contributed by atoms with Crippen molar-refractivity contribution < 1.29 is 4.42 Å². The molecule has 0 aliphatic carbocycles. The summed E-state index contributed by atoms with van der Waals surface area (Å²) < 4.78 is 5.57. The predicted molar refractivity (Wildman–Crippen MR) is 79.8 cm³/mol. The van der Waals surface area contributed by atoms with Crippen LogP contribution in [0.4, 0.5) is 5.69 Å². The minimum Gasteiger partial charge on any atom is -0.441 e. The highest BCUT2D eigenvalue weighted by atomic mass is 16.3. The van der Waals surface area contributed by atoms with Crippen LogP contribution in [0.2, 0.25) is 0 Å². The number of aromatic nitrogens is 1. The summed E-state index contributed by atoms with van der Waals surface area (Å²) >= 11 is 0. The van der Waals surface area contributed by atoms with E-state index in [0.29, 0.717) is 5.89 Å². The van der Waals surface area contributed by atoms with E-state index < -0.39 is 0 Å². The Labute approximate surface area is 117 Å². The van der Waals surface area contributed by atoms with Crippen LogP contribution in [0.15, 0.2) is 45.8 Å². The third-order valence-corrected chi connectivity index (χ3v) is 3.69. The molecule has 0 fully saturated rings. The summed E-state index contributed by atoms with van der Waals surface area (Å²) in [5.74, 6) is 0.700. The lowest BCUT2D eigenvalue weighted by Crippen LogP contribution is -1.99. The fraction of sp³-hybridized carbons (Fsp3) is 0.176. The van der Waals surface area contributed by atoms with E-state index in [1.165, 1.54) is 16.7 Å². The van der Waals surface area contributed by atoms with Gasteiger partial charge in [-0.25, -0.2) is 4.98 Å². The van der Waals surface area contributed by atoms with E-state index in [1.807, 2.05) is 13.0 Å². The molecular weight excluding hydrogens is 248 g/mol. The molecule has 1 aliphatic rings. The monoisotopic (exact) mass is 262 g/mol. The number of hydrogen-bond donors (Lipinski definition) is 0. The van der Waals surface area contributed by atoms with Crippen molar-refractivity contribution in [1.29, 1.82) is 0 Å². The molecule has 3 aromatic rings. The highest BCUT2D eigenvalue weighted by Gasteiger charge is 2.18. The van der Waals surface area contributed by atoms with E-state index in [1.54, 1.807) is 0 Å². The molecule has 98 valence electrons. The number of hydrogen-bond acceptors (Lipinski definition) is 3. The van der Waals surface area contributed by atoms with Crippen LogP contribution in [0.1, 0.15) is 22.6 Å². The molecule has 3 nitrogen and oxygen atoms in total. The van der Waals surface area contributed by atoms with Crippen LogP contribution in [-0.4, -0.2) is 10.7 Å². The van der Waals surface area contributed by atoms with Crippen LogP contribution in [0.5, 0.6) is 0 Å². The van der Waals surface area contributed by atoms with Gasteiger partial charge in [-0.1, -0.05) is 29.8 Å². The molecule has 0 amide bonds. The molecule has 4 rings (SSSR count). The number of aryl methyl sites for hydroxylation is 2. The lowest BCUT2D eigenvalue weighted by molar-refractivity contribution is 0.561. The first-order valence-electron chi connectivity index (χ1n) is 6.74. The second-order valence-corrected chi connectivity index (χ2v) is 5.28. The van der Waals surface area contributed by atoms with Gasteiger partial charge in [0, 0.05) is 19.4 Å². The zero-order valence-corrected chi connectivity index (χ0v) is 11.5. The van der Waals surface area contributed by atoms with Crippen molar-refractivity contribution in [3.63, 3.8) is 0 Å². The average Bonchev–Trinajstić information content (AvgIpc) is 2.97. The van der Waals surface area contributed by atoms with Crippen molar-refractivity contribution in [1.82, 2.24) is 4.98 Å². The molecule has 2 heterocycles. The maximum absolute atomic E-state index is 5.57. The summed E-state index contributed by atoms with van der Waals surface area (Å²) in [6, 6.07) is 12.6. The molecule has 1 aromatic heterocycles. The van der Waals surface area contributed by atoms with Crippen molar-refractivity contribution in [2.75, 3.05) is 0 Å². The van der Waals surface area contributed by atoms with Crippen LogP contribution < -0.4 is 0 Å². The lowest BCUT2D eigenvalue weighted by atomic mass is 10.0. The van der Waals surface area contributed by atoms with Gasteiger partial charge in [-0.15, -0.1) is 0 Å². The summed E-state index contributed by atoms with van der Waals surface area (Å²) in [6.45, 7) is 3.96. The van der Waals surface area contributed by atoms with E-state index in [-0.39, 0.29) is 0 Å². The van der Waals surface area contributed by atoms with Crippen molar-refractivity contribution in [2.45, 2.75) is 20.3 Å². The number of benzene rings is 2. The van der Waals surface area contributed by atoms with Crippen molar-refractivity contribution in [2.24, 2.45) is 4.99 Å². The first kappa shape index (κ1) is 11.4. The Morgan fingerprint density at radius 3 is 2.65 bits per heavy atom. The molecule has 0 saturated heterocycles. The van der Waals surface area contributed by atoms with Crippen LogP contribution in [0, 0.1) is 13.8 Å². The number of aliphatic imine (C=N–C) groups is 1. The molecule has 0 bridgehead atoms. The van der Waals surface area contributed by atoms with Gasteiger partial charge in [-0.05, 0) is 24.1 Å². The van der Waals surface area contributed by atoms with Gasteiger partial charge in [0.2, 0.25) is 0 Å². The molecule has 20 heavy (non-hydrogen) atoms. The Hall–Kier alpha value is -2.42. The Kier molecular flexibility index (Phi) is 2.30. The molecule has 0 N–H and O–H groups in total.